The Morgan fingerprint density at radius 2 is 0.254 bits per heavy atom. The number of hydrogen-bond acceptors (Lipinski definition) is 0. The van der Waals surface area contributed by atoms with Crippen LogP contribution in [0.1, 0.15) is 0 Å². The van der Waals surface area contributed by atoms with E-state index in [1.807, 2.05) is 0 Å². The second-order valence-electron chi connectivity index (χ2n) is 13.0. The van der Waals surface area contributed by atoms with Crippen LogP contribution in [0.25, 0.3) is 0 Å². The summed E-state index contributed by atoms with van der Waals surface area (Å²) in [6.07, 6.45) is 0. The zero-order valence-corrected chi connectivity index (χ0v) is 38.5. The summed E-state index contributed by atoms with van der Waals surface area (Å²) in [7, 11) is 3.33. The summed E-state index contributed by atoms with van der Waals surface area (Å²) >= 11 is 1.33. The van der Waals surface area contributed by atoms with Gasteiger partial charge in [-0.3, -0.25) is 0 Å². The third-order valence-electron chi connectivity index (χ3n) is 9.13. The van der Waals surface area contributed by atoms with Gasteiger partial charge in [0.05, 0.1) is 0 Å². The van der Waals surface area contributed by atoms with Crippen molar-refractivity contribution < 1.29 is 17.6 Å². The van der Waals surface area contributed by atoms with Gasteiger partial charge in [-0.05, 0) is 71.5 Å². The van der Waals surface area contributed by atoms with E-state index in [2.05, 4.69) is 283 Å². The van der Waals surface area contributed by atoms with Gasteiger partial charge >= 0.3 is 27.2 Å². The maximum Gasteiger partial charge on any atom is -0.0134 e. The van der Waals surface area contributed by atoms with Crippen LogP contribution in [0.3, 0.4) is 0 Å². The molecule has 0 aromatic heterocycles. The Morgan fingerprint density at radius 3 is 0.339 bits per heavy atom. The minimum absolute atomic E-state index is 0.446. The topological polar surface area (TPSA) is 0 Å². The molecule has 0 saturated carbocycles. The largest absolute Gasteiger partial charge is 0.0622 e. The first kappa shape index (κ1) is 43.8. The van der Waals surface area contributed by atoms with Crippen LogP contribution in [0.5, 0.6) is 0 Å². The normalized spacial score (nSPS) is 10.3. The molecule has 0 aliphatic rings. The minimum atomic E-state index is -0.446. The summed E-state index contributed by atoms with van der Waals surface area (Å²) < 4.78 is 0. The summed E-state index contributed by atoms with van der Waals surface area (Å²) in [5.74, 6) is 0. The van der Waals surface area contributed by atoms with Crippen molar-refractivity contribution >= 4 is 81.1 Å². The summed E-state index contributed by atoms with van der Waals surface area (Å²) in [5, 5.41) is 12.6. The summed E-state index contributed by atoms with van der Waals surface area (Å²) in [6.45, 7) is 0. The fourth-order valence-electron chi connectivity index (χ4n) is 6.54. The molecule has 0 spiro atoms. The van der Waals surface area contributed by atoms with Crippen molar-refractivity contribution in [1.29, 1.82) is 0 Å². The number of rotatable bonds is 9. The van der Waals surface area contributed by atoms with E-state index in [0.29, 0.717) is 0 Å². The zero-order chi connectivity index (χ0) is 40.7. The molecule has 0 bridgehead atoms. The first-order chi connectivity index (χ1) is 29.3. The van der Waals surface area contributed by atoms with E-state index in [9.17, 15) is 0 Å². The second-order valence-corrected chi connectivity index (χ2v) is 19.7. The van der Waals surface area contributed by atoms with Crippen molar-refractivity contribution in [1.82, 2.24) is 0 Å². The molecule has 0 nitrogen and oxygen atoms in total. The van der Waals surface area contributed by atoms with Gasteiger partial charge in [-0.1, -0.05) is 273 Å². The third-order valence-corrected chi connectivity index (χ3v) is 16.5. The molecule has 59 heavy (non-hydrogen) atoms. The smallest absolute Gasteiger partial charge is 0.0134 e. The average Bonchev–Trinajstić information content (AvgIpc) is 3.34. The van der Waals surface area contributed by atoms with Gasteiger partial charge in [0.2, 0.25) is 0 Å². The average molecular weight is 1010 g/mol. The molecule has 0 saturated heterocycles. The second kappa shape index (κ2) is 25.0. The SMILES string of the molecule is [Cl][Os].c1ccc(P(c2ccccc2)c2ccccc2)cc1.c1ccc(P(c2ccccc2)c2ccccc2)cc1.c1ccc(P(c2ccccc2)c2ccccc2)cc1. The molecule has 9 aromatic rings. The maximum atomic E-state index is 4.67. The van der Waals surface area contributed by atoms with Gasteiger partial charge in [-0.25, -0.2) is 0 Å². The Hall–Kier alpha value is -4.80. The summed E-state index contributed by atoms with van der Waals surface area (Å²) in [6, 6.07) is 97.0. The zero-order valence-electron chi connectivity index (χ0n) is 32.6. The van der Waals surface area contributed by atoms with Crippen molar-refractivity contribution in [2.75, 3.05) is 0 Å². The van der Waals surface area contributed by atoms with E-state index in [1.165, 1.54) is 65.3 Å². The predicted octanol–water partition coefficient (Wildman–Crippen LogP) is 11.0. The third kappa shape index (κ3) is 13.1. The van der Waals surface area contributed by atoms with Crippen molar-refractivity contribution in [3.8, 4) is 0 Å². The molecule has 0 unspecified atom stereocenters. The van der Waals surface area contributed by atoms with Crippen LogP contribution in [0.15, 0.2) is 273 Å². The van der Waals surface area contributed by atoms with Crippen molar-refractivity contribution in [3.05, 3.63) is 273 Å². The molecule has 0 fully saturated rings. The quantitative estimate of drug-likeness (QED) is 0.126. The molecule has 0 aliphatic heterocycles. The maximum absolute atomic E-state index is 4.67. The van der Waals surface area contributed by atoms with Crippen LogP contribution in [-0.2, 0) is 17.6 Å². The van der Waals surface area contributed by atoms with E-state index in [-0.39, 0.29) is 0 Å². The molecule has 5 heteroatoms. The minimum Gasteiger partial charge on any atom is -0.0622 e. The molecule has 291 valence electrons. The van der Waals surface area contributed by atoms with Crippen molar-refractivity contribution in [3.63, 3.8) is 0 Å². The standard InChI is InChI=1S/3C18H15P.ClH.Os/c3*1-4-10-16(11-5-1)19(17-12-6-2-7-13-17)18-14-8-3-9-15-18;;/h3*1-15H;1H;/q;;;;+1/p-1. The van der Waals surface area contributed by atoms with Gasteiger partial charge in [0.25, 0.3) is 0 Å². The molecule has 0 heterocycles. The first-order valence-electron chi connectivity index (χ1n) is 19.3. The van der Waals surface area contributed by atoms with Gasteiger partial charge in [-0.15, -0.1) is 0 Å². The van der Waals surface area contributed by atoms with Gasteiger partial charge in [0.15, 0.2) is 0 Å². The number of halogens is 1. The first-order valence-corrected chi connectivity index (χ1v) is 26.5. The fourth-order valence-corrected chi connectivity index (χ4v) is 13.5. The van der Waals surface area contributed by atoms with E-state index in [0.717, 1.165) is 0 Å². The Labute approximate surface area is 369 Å². The van der Waals surface area contributed by atoms with Crippen LogP contribution in [0, 0.1) is 0 Å². The van der Waals surface area contributed by atoms with Crippen molar-refractivity contribution in [2.45, 2.75) is 0 Å². The molecule has 0 N–H and O–H groups in total. The molecular formula is C54H45ClOsP3. The van der Waals surface area contributed by atoms with Crippen LogP contribution in [0.2, 0.25) is 0 Å². The van der Waals surface area contributed by atoms with Crippen LogP contribution in [-0.4, -0.2) is 0 Å². The number of hydrogen-bond donors (Lipinski definition) is 0. The Balaban J connectivity index is 0.000000146. The molecule has 0 aliphatic carbocycles. The molecule has 9 rings (SSSR count). The van der Waals surface area contributed by atoms with E-state index < -0.39 is 23.8 Å². The van der Waals surface area contributed by atoms with E-state index in [1.54, 1.807) is 0 Å². The van der Waals surface area contributed by atoms with Crippen LogP contribution < -0.4 is 47.7 Å². The fraction of sp³-hybridized carbons (Fsp3) is 0. The number of benzene rings is 9. The Bertz CT molecular complexity index is 1870. The van der Waals surface area contributed by atoms with Crippen molar-refractivity contribution in [2.24, 2.45) is 0 Å². The van der Waals surface area contributed by atoms with Crippen LogP contribution >= 0.6 is 33.4 Å². The predicted molar refractivity (Wildman–Crippen MR) is 261 cm³/mol. The van der Waals surface area contributed by atoms with E-state index in [4.69, 9.17) is 0 Å². The van der Waals surface area contributed by atoms with Gasteiger partial charge in [0.1, 0.15) is 0 Å². The van der Waals surface area contributed by atoms with Crippen LogP contribution in [0.4, 0.5) is 0 Å². The summed E-state index contributed by atoms with van der Waals surface area (Å²) in [5.41, 5.74) is 0. The molecule has 9 aromatic carbocycles. The van der Waals surface area contributed by atoms with Gasteiger partial charge in [0, 0.05) is 0 Å². The Kier molecular flexibility index (Phi) is 18.5. The van der Waals surface area contributed by atoms with E-state index >= 15 is 0 Å². The molecule has 0 atom stereocenters. The van der Waals surface area contributed by atoms with Gasteiger partial charge in [-0.2, -0.15) is 0 Å². The molecular weight excluding hydrogens is 967 g/mol. The molecule has 0 radical (unpaired) electrons. The monoisotopic (exact) mass is 1010 g/mol. The van der Waals surface area contributed by atoms with Gasteiger partial charge < -0.3 is 0 Å². The summed E-state index contributed by atoms with van der Waals surface area (Å²) in [4.78, 5) is 0. The molecule has 0 amide bonds. The Morgan fingerprint density at radius 1 is 0.169 bits per heavy atom.